The molecule has 29 heavy (non-hydrogen) atoms. The molecule has 0 N–H and O–H groups in total. The van der Waals surface area contributed by atoms with E-state index >= 15 is 0 Å². The molecule has 0 fully saturated rings. The second-order valence-corrected chi connectivity index (χ2v) is 6.01. The predicted molar refractivity (Wildman–Crippen MR) is 108 cm³/mol. The Bertz CT molecular complexity index is 960. The van der Waals surface area contributed by atoms with Crippen molar-refractivity contribution in [1.29, 1.82) is 0 Å². The van der Waals surface area contributed by atoms with Crippen molar-refractivity contribution in [3.8, 4) is 17.2 Å². The second kappa shape index (κ2) is 10.1. The monoisotopic (exact) mass is 394 g/mol. The Kier molecular flexibility index (Phi) is 7.05. The van der Waals surface area contributed by atoms with E-state index in [1.165, 1.54) is 13.2 Å². The van der Waals surface area contributed by atoms with Crippen LogP contribution in [0.4, 0.5) is 4.39 Å². The molecule has 3 aromatic rings. The summed E-state index contributed by atoms with van der Waals surface area (Å²) in [4.78, 5) is 4.94. The van der Waals surface area contributed by atoms with Gasteiger partial charge in [0.05, 0.1) is 13.2 Å². The Balaban J connectivity index is 1.67. The molecule has 0 unspecified atom stereocenters. The molecular formula is C23H21FNO4. The Morgan fingerprint density at radius 3 is 2.48 bits per heavy atom. The third-order valence-electron chi connectivity index (χ3n) is 4.03. The van der Waals surface area contributed by atoms with Crippen LogP contribution in [0.2, 0.25) is 0 Å². The lowest BCUT2D eigenvalue weighted by molar-refractivity contribution is 0.210. The fraction of sp³-hybridized carbons (Fsp3) is 0.174. The highest BCUT2D eigenvalue weighted by Crippen LogP contribution is 2.29. The van der Waals surface area contributed by atoms with E-state index in [9.17, 15) is 4.39 Å². The van der Waals surface area contributed by atoms with E-state index in [1.807, 2.05) is 42.5 Å². The summed E-state index contributed by atoms with van der Waals surface area (Å²) in [5, 5.41) is 4.05. The molecule has 0 spiro atoms. The highest BCUT2D eigenvalue weighted by Gasteiger charge is 2.10. The molecule has 0 saturated heterocycles. The number of methoxy groups -OCH3 is 1. The first kappa shape index (κ1) is 20.2. The number of benzene rings is 3. The number of oxime groups is 1. The Labute approximate surface area is 169 Å². The van der Waals surface area contributed by atoms with E-state index in [2.05, 4.69) is 11.2 Å². The molecule has 0 aromatic heterocycles. The predicted octanol–water partition coefficient (Wildman–Crippen LogP) is 4.64. The zero-order valence-corrected chi connectivity index (χ0v) is 16.2. The van der Waals surface area contributed by atoms with Crippen LogP contribution in [-0.2, 0) is 11.4 Å². The average molecular weight is 394 g/mol. The van der Waals surface area contributed by atoms with Crippen LogP contribution < -0.4 is 14.2 Å². The summed E-state index contributed by atoms with van der Waals surface area (Å²) in [5.41, 5.74) is 2.41. The Morgan fingerprint density at radius 2 is 1.76 bits per heavy atom. The van der Waals surface area contributed by atoms with Gasteiger partial charge in [-0.3, -0.25) is 0 Å². The normalized spacial score (nSPS) is 11.1. The summed E-state index contributed by atoms with van der Waals surface area (Å²) in [5.74, 6) is 0.996. The zero-order chi connectivity index (χ0) is 20.5. The molecule has 0 heterocycles. The van der Waals surface area contributed by atoms with Crippen molar-refractivity contribution < 1.29 is 23.4 Å². The van der Waals surface area contributed by atoms with E-state index in [0.717, 1.165) is 11.1 Å². The average Bonchev–Trinajstić information content (AvgIpc) is 2.76. The summed E-state index contributed by atoms with van der Waals surface area (Å²) in [7, 11) is 3.06. The van der Waals surface area contributed by atoms with Crippen molar-refractivity contribution in [2.45, 2.75) is 6.61 Å². The summed E-state index contributed by atoms with van der Waals surface area (Å²) < 4.78 is 30.1. The molecule has 0 aliphatic heterocycles. The highest BCUT2D eigenvalue weighted by molar-refractivity contribution is 6.01. The summed E-state index contributed by atoms with van der Waals surface area (Å²) in [6.07, 6.45) is 0. The first-order valence-electron chi connectivity index (χ1n) is 8.95. The van der Waals surface area contributed by atoms with Gasteiger partial charge in [-0.05, 0) is 29.8 Å². The largest absolute Gasteiger partial charge is 0.493 e. The zero-order valence-electron chi connectivity index (χ0n) is 16.2. The number of nitrogens with zero attached hydrogens (tertiary/aromatic N) is 1. The molecular weight excluding hydrogens is 373 g/mol. The van der Waals surface area contributed by atoms with Crippen molar-refractivity contribution >= 4 is 5.71 Å². The number of rotatable bonds is 9. The fourth-order valence-corrected chi connectivity index (χ4v) is 2.64. The molecule has 1 radical (unpaired) electrons. The molecule has 6 heteroatoms. The van der Waals surface area contributed by atoms with Crippen LogP contribution in [0.3, 0.4) is 0 Å². The van der Waals surface area contributed by atoms with Crippen molar-refractivity contribution in [3.63, 3.8) is 0 Å². The molecule has 0 atom stereocenters. The molecule has 5 nitrogen and oxygen atoms in total. The quantitative estimate of drug-likeness (QED) is 0.392. The molecule has 0 aliphatic rings. The summed E-state index contributed by atoms with van der Waals surface area (Å²) >= 11 is 0. The van der Waals surface area contributed by atoms with Gasteiger partial charge in [0.25, 0.3) is 0 Å². The maximum atomic E-state index is 13.2. The second-order valence-electron chi connectivity index (χ2n) is 6.01. The number of ether oxygens (including phenoxy) is 3. The molecule has 3 aromatic carbocycles. The van der Waals surface area contributed by atoms with Crippen LogP contribution in [0.25, 0.3) is 0 Å². The lowest BCUT2D eigenvalue weighted by Crippen LogP contribution is -2.14. The first-order valence-corrected chi connectivity index (χ1v) is 8.95. The van der Waals surface area contributed by atoms with Gasteiger partial charge >= 0.3 is 0 Å². The van der Waals surface area contributed by atoms with Gasteiger partial charge in [-0.1, -0.05) is 47.6 Å². The maximum Gasteiger partial charge on any atom is 0.161 e. The van der Waals surface area contributed by atoms with E-state index in [1.54, 1.807) is 25.3 Å². The molecule has 0 saturated carbocycles. The van der Waals surface area contributed by atoms with Gasteiger partial charge in [0.15, 0.2) is 11.5 Å². The number of hydrogen-bond acceptors (Lipinski definition) is 5. The molecule has 3 rings (SSSR count). The SMILES string of the molecule is CO/N=C(\COc1ccc(COc2[c]c(F)ccc2)cc1OC)c1ccccc1. The van der Waals surface area contributed by atoms with E-state index in [-0.39, 0.29) is 13.2 Å². The minimum Gasteiger partial charge on any atom is -0.493 e. The van der Waals surface area contributed by atoms with Crippen LogP contribution in [0, 0.1) is 11.9 Å². The van der Waals surface area contributed by atoms with E-state index < -0.39 is 5.82 Å². The first-order chi connectivity index (χ1) is 14.2. The van der Waals surface area contributed by atoms with Gasteiger partial charge in [0.1, 0.15) is 37.6 Å². The number of hydrogen-bond donors (Lipinski definition) is 0. The smallest absolute Gasteiger partial charge is 0.161 e. The fourth-order valence-electron chi connectivity index (χ4n) is 2.64. The van der Waals surface area contributed by atoms with Crippen molar-refractivity contribution in [2.75, 3.05) is 20.8 Å². The molecule has 0 bridgehead atoms. The summed E-state index contributed by atoms with van der Waals surface area (Å²) in [6.45, 7) is 0.458. The van der Waals surface area contributed by atoms with Crippen molar-refractivity contribution in [1.82, 2.24) is 0 Å². The molecule has 0 aliphatic carbocycles. The van der Waals surface area contributed by atoms with Crippen LogP contribution in [0.15, 0.2) is 71.9 Å². The lowest BCUT2D eigenvalue weighted by atomic mass is 10.1. The molecule has 149 valence electrons. The minimum absolute atomic E-state index is 0.211. The van der Waals surface area contributed by atoms with Gasteiger partial charge in [-0.25, -0.2) is 4.39 Å². The summed E-state index contributed by atoms with van der Waals surface area (Å²) in [6, 6.07) is 22.2. The van der Waals surface area contributed by atoms with Crippen LogP contribution in [-0.4, -0.2) is 26.5 Å². The van der Waals surface area contributed by atoms with Crippen molar-refractivity contribution in [2.24, 2.45) is 5.16 Å². The topological polar surface area (TPSA) is 49.3 Å². The Hall–Kier alpha value is -3.54. The van der Waals surface area contributed by atoms with Gasteiger partial charge in [0.2, 0.25) is 0 Å². The van der Waals surface area contributed by atoms with Crippen LogP contribution in [0.1, 0.15) is 11.1 Å². The highest BCUT2D eigenvalue weighted by atomic mass is 19.1. The van der Waals surface area contributed by atoms with Gasteiger partial charge < -0.3 is 19.0 Å². The minimum atomic E-state index is -0.462. The van der Waals surface area contributed by atoms with Crippen LogP contribution >= 0.6 is 0 Å². The van der Waals surface area contributed by atoms with Crippen molar-refractivity contribution in [3.05, 3.63) is 89.7 Å². The maximum absolute atomic E-state index is 13.2. The van der Waals surface area contributed by atoms with Gasteiger partial charge in [-0.2, -0.15) is 0 Å². The van der Waals surface area contributed by atoms with Crippen LogP contribution in [0.5, 0.6) is 17.2 Å². The lowest BCUT2D eigenvalue weighted by Gasteiger charge is -2.13. The third-order valence-corrected chi connectivity index (χ3v) is 4.03. The van der Waals surface area contributed by atoms with E-state index in [0.29, 0.717) is 23.0 Å². The Morgan fingerprint density at radius 1 is 0.931 bits per heavy atom. The third kappa shape index (κ3) is 5.72. The number of halogens is 1. The van der Waals surface area contributed by atoms with Gasteiger partial charge in [-0.15, -0.1) is 0 Å². The van der Waals surface area contributed by atoms with Gasteiger partial charge in [0, 0.05) is 5.56 Å². The standard InChI is InChI=1S/C23H21FNO4/c1-26-23-13-17(15-28-20-10-6-9-19(24)14-20)11-12-22(23)29-16-21(25-27-2)18-7-4-3-5-8-18/h3-13H,15-16H2,1-2H3/b25-21+. The van der Waals surface area contributed by atoms with E-state index in [4.69, 9.17) is 19.0 Å². The molecule has 0 amide bonds.